The minimum atomic E-state index is 0.188. The first kappa shape index (κ1) is 11.2. The Balaban J connectivity index is 1.94. The van der Waals surface area contributed by atoms with Gasteiger partial charge >= 0.3 is 0 Å². The fourth-order valence-corrected chi connectivity index (χ4v) is 3.18. The maximum atomic E-state index is 4.51. The molecule has 1 atom stereocenters. The van der Waals surface area contributed by atoms with Gasteiger partial charge in [-0.15, -0.1) is 10.2 Å². The summed E-state index contributed by atoms with van der Waals surface area (Å²) in [6, 6.07) is 0. The van der Waals surface area contributed by atoms with Crippen LogP contribution in [-0.4, -0.2) is 27.9 Å². The Morgan fingerprint density at radius 2 is 2.12 bits per heavy atom. The monoisotopic (exact) mass is 234 g/mol. The number of fused-ring (bicyclic) bond motifs is 1. The van der Waals surface area contributed by atoms with Crippen molar-refractivity contribution in [1.82, 2.24) is 20.1 Å². The summed E-state index contributed by atoms with van der Waals surface area (Å²) in [6.45, 7) is 5.65. The van der Waals surface area contributed by atoms with Crippen LogP contribution in [0.1, 0.15) is 50.7 Å². The van der Waals surface area contributed by atoms with Crippen molar-refractivity contribution < 1.29 is 0 Å². The molecule has 0 radical (unpaired) electrons. The van der Waals surface area contributed by atoms with Crippen molar-refractivity contribution in [2.45, 2.75) is 57.4 Å². The molecule has 17 heavy (non-hydrogen) atoms. The molecule has 1 N–H and O–H groups in total. The van der Waals surface area contributed by atoms with Gasteiger partial charge in [0.2, 0.25) is 0 Å². The van der Waals surface area contributed by atoms with Crippen molar-refractivity contribution in [3.8, 4) is 0 Å². The predicted molar refractivity (Wildman–Crippen MR) is 67.0 cm³/mol. The van der Waals surface area contributed by atoms with Crippen LogP contribution in [0.25, 0.3) is 0 Å². The lowest BCUT2D eigenvalue weighted by Crippen LogP contribution is -2.43. The van der Waals surface area contributed by atoms with Crippen LogP contribution in [0.5, 0.6) is 0 Å². The maximum Gasteiger partial charge on any atom is 0.140 e. The second-order valence-corrected chi connectivity index (χ2v) is 5.74. The lowest BCUT2D eigenvalue weighted by Gasteiger charge is -2.33. The van der Waals surface area contributed by atoms with Gasteiger partial charge < -0.3 is 9.88 Å². The van der Waals surface area contributed by atoms with E-state index in [-0.39, 0.29) is 5.41 Å². The van der Waals surface area contributed by atoms with Crippen molar-refractivity contribution in [3.63, 3.8) is 0 Å². The van der Waals surface area contributed by atoms with Gasteiger partial charge in [-0.25, -0.2) is 0 Å². The highest BCUT2D eigenvalue weighted by Gasteiger charge is 2.34. The molecule has 0 saturated carbocycles. The Kier molecular flexibility index (Phi) is 2.90. The Morgan fingerprint density at radius 3 is 2.94 bits per heavy atom. The summed E-state index contributed by atoms with van der Waals surface area (Å²) in [7, 11) is 0. The van der Waals surface area contributed by atoms with Crippen LogP contribution >= 0.6 is 0 Å². The predicted octanol–water partition coefficient (Wildman–Crippen LogP) is 1.65. The minimum Gasteiger partial charge on any atom is -0.316 e. The molecule has 0 aliphatic carbocycles. The van der Waals surface area contributed by atoms with Crippen molar-refractivity contribution in [2.24, 2.45) is 0 Å². The van der Waals surface area contributed by atoms with Crippen LogP contribution in [0.2, 0.25) is 0 Å². The average molecular weight is 234 g/mol. The Morgan fingerprint density at radius 1 is 1.18 bits per heavy atom. The second-order valence-electron chi connectivity index (χ2n) is 5.74. The van der Waals surface area contributed by atoms with E-state index >= 15 is 0 Å². The Bertz CT molecular complexity index is 390. The van der Waals surface area contributed by atoms with Gasteiger partial charge in [-0.2, -0.15) is 0 Å². The Labute approximate surface area is 103 Å². The van der Waals surface area contributed by atoms with Crippen LogP contribution in [0.3, 0.4) is 0 Å². The summed E-state index contributed by atoms with van der Waals surface area (Å²) in [5.41, 5.74) is 0.188. The topological polar surface area (TPSA) is 42.7 Å². The van der Waals surface area contributed by atoms with E-state index in [4.69, 9.17) is 0 Å². The molecule has 1 unspecified atom stereocenters. The molecule has 0 amide bonds. The van der Waals surface area contributed by atoms with Gasteiger partial charge in [-0.3, -0.25) is 0 Å². The quantitative estimate of drug-likeness (QED) is 0.803. The smallest absolute Gasteiger partial charge is 0.140 e. The van der Waals surface area contributed by atoms with Crippen LogP contribution < -0.4 is 5.32 Å². The van der Waals surface area contributed by atoms with Gasteiger partial charge in [-0.05, 0) is 32.2 Å². The number of hydrogen-bond acceptors (Lipinski definition) is 3. The van der Waals surface area contributed by atoms with Crippen molar-refractivity contribution >= 4 is 0 Å². The highest BCUT2D eigenvalue weighted by molar-refractivity contribution is 5.12. The van der Waals surface area contributed by atoms with Gasteiger partial charge in [0.05, 0.1) is 0 Å². The van der Waals surface area contributed by atoms with Crippen LogP contribution in [-0.2, 0) is 18.4 Å². The molecule has 3 rings (SSSR count). The molecule has 4 heteroatoms. The summed E-state index contributed by atoms with van der Waals surface area (Å²) in [5.74, 6) is 2.44. The summed E-state index contributed by atoms with van der Waals surface area (Å²) >= 11 is 0. The average Bonchev–Trinajstić information content (AvgIpc) is 2.61. The molecule has 1 aromatic rings. The molecule has 0 spiro atoms. The zero-order valence-corrected chi connectivity index (χ0v) is 10.7. The zero-order chi connectivity index (χ0) is 11.7. The fourth-order valence-electron chi connectivity index (χ4n) is 3.18. The van der Waals surface area contributed by atoms with E-state index in [1.54, 1.807) is 0 Å². The molecule has 94 valence electrons. The molecule has 4 nitrogen and oxygen atoms in total. The summed E-state index contributed by atoms with van der Waals surface area (Å²) < 4.78 is 2.40. The third kappa shape index (κ3) is 1.99. The number of nitrogens with one attached hydrogen (secondary N) is 1. The molecule has 1 aromatic heterocycles. The molecular formula is C13H22N4. The first-order chi connectivity index (χ1) is 8.30. The van der Waals surface area contributed by atoms with Gasteiger partial charge in [-0.1, -0.05) is 13.3 Å². The highest BCUT2D eigenvalue weighted by Crippen LogP contribution is 2.30. The lowest BCUT2D eigenvalue weighted by molar-refractivity contribution is 0.311. The number of aromatic nitrogens is 3. The normalized spacial score (nSPS) is 29.7. The van der Waals surface area contributed by atoms with E-state index in [2.05, 4.69) is 27.0 Å². The standard InChI is InChI=1S/C13H22N4/c1-13(7-5-8-14-10-13)12-16-15-11-6-3-2-4-9-17(11)12/h14H,2-10H2,1H3. The summed E-state index contributed by atoms with van der Waals surface area (Å²) in [4.78, 5) is 0. The van der Waals surface area contributed by atoms with Gasteiger partial charge in [0.25, 0.3) is 0 Å². The van der Waals surface area contributed by atoms with E-state index in [9.17, 15) is 0 Å². The van der Waals surface area contributed by atoms with E-state index in [0.717, 1.165) is 26.1 Å². The van der Waals surface area contributed by atoms with E-state index in [1.807, 2.05) is 0 Å². The van der Waals surface area contributed by atoms with Crippen molar-refractivity contribution in [2.75, 3.05) is 13.1 Å². The first-order valence-electron chi connectivity index (χ1n) is 6.93. The largest absolute Gasteiger partial charge is 0.316 e. The molecule has 1 fully saturated rings. The Hall–Kier alpha value is -0.900. The number of piperidine rings is 1. The molecule has 2 aliphatic heterocycles. The van der Waals surface area contributed by atoms with Crippen LogP contribution in [0.15, 0.2) is 0 Å². The summed E-state index contributed by atoms with van der Waals surface area (Å²) in [5, 5.41) is 12.4. The zero-order valence-electron chi connectivity index (χ0n) is 10.7. The third-order valence-corrected chi connectivity index (χ3v) is 4.25. The third-order valence-electron chi connectivity index (χ3n) is 4.25. The van der Waals surface area contributed by atoms with Crippen molar-refractivity contribution in [1.29, 1.82) is 0 Å². The number of aryl methyl sites for hydroxylation is 1. The van der Waals surface area contributed by atoms with Gasteiger partial charge in [0.1, 0.15) is 11.6 Å². The van der Waals surface area contributed by atoms with E-state index in [0.29, 0.717) is 0 Å². The number of rotatable bonds is 1. The second kappa shape index (κ2) is 4.41. The first-order valence-corrected chi connectivity index (χ1v) is 6.93. The minimum absolute atomic E-state index is 0.188. The van der Waals surface area contributed by atoms with Crippen molar-refractivity contribution in [3.05, 3.63) is 11.6 Å². The molecular weight excluding hydrogens is 212 g/mol. The van der Waals surface area contributed by atoms with Crippen LogP contribution in [0, 0.1) is 0 Å². The molecule has 3 heterocycles. The summed E-state index contributed by atoms with van der Waals surface area (Å²) in [6.07, 6.45) is 7.47. The number of hydrogen-bond donors (Lipinski definition) is 1. The van der Waals surface area contributed by atoms with E-state index in [1.165, 1.54) is 43.8 Å². The van der Waals surface area contributed by atoms with E-state index < -0.39 is 0 Å². The number of nitrogens with zero attached hydrogens (tertiary/aromatic N) is 3. The van der Waals surface area contributed by atoms with Gasteiger partial charge in [0, 0.05) is 24.9 Å². The van der Waals surface area contributed by atoms with Crippen LogP contribution in [0.4, 0.5) is 0 Å². The lowest BCUT2D eigenvalue weighted by atomic mass is 9.82. The SMILES string of the molecule is CC1(c2nnc3n2CCCCC3)CCCNC1. The molecule has 0 aromatic carbocycles. The molecule has 2 aliphatic rings. The fraction of sp³-hybridized carbons (Fsp3) is 0.846. The molecule has 0 bridgehead atoms. The van der Waals surface area contributed by atoms with Gasteiger partial charge in [0.15, 0.2) is 0 Å². The highest BCUT2D eigenvalue weighted by atomic mass is 15.3. The maximum absolute atomic E-state index is 4.51. The molecule has 1 saturated heterocycles.